The molecule has 1 fully saturated rings. The number of hydrogen-bond acceptors (Lipinski definition) is 7. The Kier molecular flexibility index (Phi) is 9.72. The van der Waals surface area contributed by atoms with Crippen LogP contribution in [-0.4, -0.2) is 56.7 Å². The molecule has 0 radical (unpaired) electrons. The number of fused-ring (bicyclic) bond motifs is 1. The van der Waals surface area contributed by atoms with Crippen LogP contribution in [0, 0.1) is 22.6 Å². The van der Waals surface area contributed by atoms with Crippen LogP contribution in [0.25, 0.3) is 10.9 Å². The highest BCUT2D eigenvalue weighted by molar-refractivity contribution is 5.93. The summed E-state index contributed by atoms with van der Waals surface area (Å²) >= 11 is 0. The summed E-state index contributed by atoms with van der Waals surface area (Å²) in [4.78, 5) is 24.0. The molecule has 0 spiro atoms. The van der Waals surface area contributed by atoms with Crippen molar-refractivity contribution in [3.8, 4) is 5.75 Å². The molecule has 4 aromatic rings. The fourth-order valence-corrected chi connectivity index (χ4v) is 7.23. The zero-order valence-corrected chi connectivity index (χ0v) is 27.3. The van der Waals surface area contributed by atoms with Crippen LogP contribution in [-0.2, 0) is 11.2 Å². The molecule has 1 atom stereocenters. The summed E-state index contributed by atoms with van der Waals surface area (Å²) in [5.74, 6) is 1.82. The second kappa shape index (κ2) is 13.5. The predicted octanol–water partition coefficient (Wildman–Crippen LogP) is 7.36. The van der Waals surface area contributed by atoms with Gasteiger partial charge in [0.1, 0.15) is 23.7 Å². The van der Waals surface area contributed by atoms with Gasteiger partial charge in [0.2, 0.25) is 5.91 Å². The molecule has 1 aliphatic rings. The number of aromatic amines is 1. The zero-order chi connectivity index (χ0) is 32.2. The Bertz CT molecular complexity index is 1590. The number of H-pyrrole nitrogens is 1. The number of carbonyl (C=O) groups excluding carboxylic acids is 1. The van der Waals surface area contributed by atoms with Gasteiger partial charge in [-0.05, 0) is 72.9 Å². The molecule has 0 saturated carbocycles. The Morgan fingerprint density at radius 1 is 1.09 bits per heavy atom. The monoisotopic (exact) mass is 615 g/mol. The van der Waals surface area contributed by atoms with Gasteiger partial charge in [0.05, 0.1) is 18.5 Å². The molecule has 1 aliphatic heterocycles. The number of anilines is 3. The highest BCUT2D eigenvalue weighted by Crippen LogP contribution is 2.46. The topological polar surface area (TPSA) is 108 Å². The lowest BCUT2D eigenvalue weighted by Gasteiger charge is -2.47. The van der Waals surface area contributed by atoms with Crippen LogP contribution in [0.1, 0.15) is 66.5 Å². The van der Waals surface area contributed by atoms with E-state index in [-0.39, 0.29) is 23.2 Å². The maximum atomic E-state index is 13.4. The van der Waals surface area contributed by atoms with Crippen molar-refractivity contribution in [3.63, 3.8) is 0 Å². The molecule has 5 rings (SSSR count). The average molecular weight is 616 g/mol. The van der Waals surface area contributed by atoms with Gasteiger partial charge >= 0.3 is 0 Å². The fraction of sp³-hybridized carbons (Fsp3) is 0.486. The van der Waals surface area contributed by atoms with E-state index in [9.17, 15) is 9.18 Å². The Labute approximate surface area is 265 Å². The van der Waals surface area contributed by atoms with E-state index in [2.05, 4.69) is 77.2 Å². The molecule has 0 unspecified atom stereocenters. The number of halogens is 1. The lowest BCUT2D eigenvalue weighted by molar-refractivity contribution is -0.115. The van der Waals surface area contributed by atoms with Gasteiger partial charge in [-0.2, -0.15) is 5.10 Å². The molecule has 9 nitrogen and oxygen atoms in total. The minimum Gasteiger partial charge on any atom is -0.493 e. The second-order valence-electron chi connectivity index (χ2n) is 14.2. The SMILES string of the molecule is CC(C)(C)C([C@@H]1CCCN1CCCOc1ccc2c(Nc3cc(CC(=O)Nc4cccc(F)c4)[nH]n3)ncnc2c1)C(C)(C)C. The van der Waals surface area contributed by atoms with Crippen molar-refractivity contribution in [1.29, 1.82) is 0 Å². The molecule has 10 heteroatoms. The summed E-state index contributed by atoms with van der Waals surface area (Å²) in [6.45, 7) is 17.2. The Morgan fingerprint density at radius 3 is 2.64 bits per heavy atom. The first-order valence-electron chi connectivity index (χ1n) is 15.9. The molecule has 2 aromatic carbocycles. The van der Waals surface area contributed by atoms with E-state index in [0.29, 0.717) is 41.6 Å². The van der Waals surface area contributed by atoms with E-state index in [1.54, 1.807) is 18.2 Å². The summed E-state index contributed by atoms with van der Waals surface area (Å²) in [5.41, 5.74) is 2.27. The molecule has 3 heterocycles. The Hall–Kier alpha value is -4.05. The number of likely N-dealkylation sites (tertiary alicyclic amines) is 1. The number of nitrogens with zero attached hydrogens (tertiary/aromatic N) is 4. The minimum atomic E-state index is -0.409. The number of nitrogens with one attached hydrogen (secondary N) is 3. The lowest BCUT2D eigenvalue weighted by Crippen LogP contribution is -2.48. The molecule has 0 bridgehead atoms. The number of benzene rings is 2. The third-order valence-corrected chi connectivity index (χ3v) is 8.47. The highest BCUT2D eigenvalue weighted by atomic mass is 19.1. The average Bonchev–Trinajstić information content (AvgIpc) is 3.58. The van der Waals surface area contributed by atoms with Crippen LogP contribution in [0.2, 0.25) is 0 Å². The van der Waals surface area contributed by atoms with Crippen molar-refractivity contribution < 1.29 is 13.9 Å². The smallest absolute Gasteiger partial charge is 0.230 e. The number of hydrogen-bond donors (Lipinski definition) is 3. The Balaban J connectivity index is 1.15. The number of aromatic nitrogens is 4. The van der Waals surface area contributed by atoms with Gasteiger partial charge in [0, 0.05) is 41.5 Å². The van der Waals surface area contributed by atoms with Gasteiger partial charge in [-0.1, -0.05) is 47.6 Å². The number of amides is 1. The van der Waals surface area contributed by atoms with Crippen LogP contribution in [0.15, 0.2) is 54.9 Å². The lowest BCUT2D eigenvalue weighted by atomic mass is 9.63. The minimum absolute atomic E-state index is 0.0581. The molecular weight excluding hydrogens is 569 g/mol. The summed E-state index contributed by atoms with van der Waals surface area (Å²) in [7, 11) is 0. The van der Waals surface area contributed by atoms with Crippen molar-refractivity contribution in [3.05, 3.63) is 66.4 Å². The zero-order valence-electron chi connectivity index (χ0n) is 27.3. The van der Waals surface area contributed by atoms with E-state index in [1.165, 1.54) is 31.3 Å². The molecule has 1 amide bonds. The summed E-state index contributed by atoms with van der Waals surface area (Å²) in [6.07, 6.45) is 5.06. The molecule has 3 N–H and O–H groups in total. The van der Waals surface area contributed by atoms with Crippen LogP contribution >= 0.6 is 0 Å². The van der Waals surface area contributed by atoms with Crippen molar-refractivity contribution in [2.45, 2.75) is 73.3 Å². The van der Waals surface area contributed by atoms with Crippen LogP contribution in [0.5, 0.6) is 5.75 Å². The van der Waals surface area contributed by atoms with Crippen LogP contribution in [0.3, 0.4) is 0 Å². The van der Waals surface area contributed by atoms with E-state index in [0.717, 1.165) is 36.2 Å². The van der Waals surface area contributed by atoms with Crippen LogP contribution < -0.4 is 15.4 Å². The molecule has 1 saturated heterocycles. The number of ether oxygens (including phenoxy) is 1. The summed E-state index contributed by atoms with van der Waals surface area (Å²) in [6, 6.07) is 14.0. The van der Waals surface area contributed by atoms with Crippen molar-refractivity contribution >= 4 is 34.1 Å². The standard InChI is InChI=1S/C35H46FN7O2/c1-34(2,3)32(35(4,5)6)29-12-8-15-43(29)16-9-17-45-26-13-14-27-28(21-26)37-22-38-33(27)40-30-19-25(41-42-30)20-31(44)39-24-11-7-10-23(36)18-24/h7,10-11,13-14,18-19,21-22,29,32H,8-9,12,15-17,20H2,1-6H3,(H,39,44)(H2,37,38,40,41,42)/t29-/m0/s1. The van der Waals surface area contributed by atoms with Gasteiger partial charge in [-0.3, -0.25) is 14.8 Å². The van der Waals surface area contributed by atoms with Gasteiger partial charge in [0.15, 0.2) is 5.82 Å². The Morgan fingerprint density at radius 2 is 1.89 bits per heavy atom. The van der Waals surface area contributed by atoms with Gasteiger partial charge in [0.25, 0.3) is 0 Å². The first kappa shape index (κ1) is 32.3. The molecule has 240 valence electrons. The van der Waals surface area contributed by atoms with Gasteiger partial charge in [-0.15, -0.1) is 0 Å². The third-order valence-electron chi connectivity index (χ3n) is 8.47. The second-order valence-corrected chi connectivity index (χ2v) is 14.2. The third kappa shape index (κ3) is 8.36. The van der Waals surface area contributed by atoms with E-state index in [4.69, 9.17) is 4.74 Å². The normalized spacial score (nSPS) is 16.0. The summed E-state index contributed by atoms with van der Waals surface area (Å²) in [5, 5.41) is 13.9. The quantitative estimate of drug-likeness (QED) is 0.151. The largest absolute Gasteiger partial charge is 0.493 e. The van der Waals surface area contributed by atoms with Gasteiger partial charge in [-0.25, -0.2) is 14.4 Å². The maximum Gasteiger partial charge on any atom is 0.230 e. The van der Waals surface area contributed by atoms with Crippen molar-refractivity contribution in [2.24, 2.45) is 16.7 Å². The van der Waals surface area contributed by atoms with E-state index >= 15 is 0 Å². The van der Waals surface area contributed by atoms with Crippen molar-refractivity contribution in [2.75, 3.05) is 30.3 Å². The van der Waals surface area contributed by atoms with E-state index < -0.39 is 5.82 Å². The van der Waals surface area contributed by atoms with Crippen molar-refractivity contribution in [1.82, 2.24) is 25.1 Å². The maximum absolute atomic E-state index is 13.4. The summed E-state index contributed by atoms with van der Waals surface area (Å²) < 4.78 is 19.6. The number of carbonyl (C=O) groups is 1. The molecule has 2 aromatic heterocycles. The first-order chi connectivity index (χ1) is 21.4. The molecular formula is C35H46FN7O2. The molecule has 0 aliphatic carbocycles. The molecule has 45 heavy (non-hydrogen) atoms. The van der Waals surface area contributed by atoms with E-state index in [1.807, 2.05) is 18.2 Å². The van der Waals surface area contributed by atoms with Crippen LogP contribution in [0.4, 0.5) is 21.7 Å². The number of rotatable bonds is 11. The highest BCUT2D eigenvalue weighted by Gasteiger charge is 2.44. The predicted molar refractivity (Wildman–Crippen MR) is 177 cm³/mol. The van der Waals surface area contributed by atoms with Gasteiger partial charge < -0.3 is 15.4 Å². The first-order valence-corrected chi connectivity index (χ1v) is 15.9. The fourth-order valence-electron chi connectivity index (χ4n) is 7.23.